The van der Waals surface area contributed by atoms with E-state index in [0.29, 0.717) is 30.5 Å². The van der Waals surface area contributed by atoms with Crippen LogP contribution in [-0.2, 0) is 5.60 Å². The number of rotatable bonds is 1. The lowest BCUT2D eigenvalue weighted by Gasteiger charge is -2.38. The Morgan fingerprint density at radius 2 is 1.83 bits per heavy atom. The number of piperidine rings is 1. The molecule has 98 valence electrons. The van der Waals surface area contributed by atoms with Crippen molar-refractivity contribution < 1.29 is 13.9 Å². The molecule has 0 radical (unpaired) electrons. The molecule has 2 saturated heterocycles. The van der Waals surface area contributed by atoms with E-state index in [1.54, 1.807) is 0 Å². The summed E-state index contributed by atoms with van der Waals surface area (Å²) in [5.74, 6) is -1.69. The highest BCUT2D eigenvalue weighted by atomic mass is 19.2. The average Bonchev–Trinajstić information content (AvgIpc) is 2.66. The molecule has 0 aliphatic carbocycles. The van der Waals surface area contributed by atoms with Crippen LogP contribution >= 0.6 is 0 Å². The van der Waals surface area contributed by atoms with Crippen molar-refractivity contribution in [2.45, 2.75) is 50.3 Å². The summed E-state index contributed by atoms with van der Waals surface area (Å²) in [6, 6.07) is 3.22. The Kier molecular flexibility index (Phi) is 2.68. The minimum Gasteiger partial charge on any atom is -0.385 e. The lowest BCUT2D eigenvalue weighted by Crippen LogP contribution is -2.47. The second kappa shape index (κ2) is 4.00. The Morgan fingerprint density at radius 3 is 2.44 bits per heavy atom. The van der Waals surface area contributed by atoms with Gasteiger partial charge in [0.15, 0.2) is 11.6 Å². The summed E-state index contributed by atoms with van der Waals surface area (Å²) in [6.07, 6.45) is 3.26. The Labute approximate surface area is 105 Å². The summed E-state index contributed by atoms with van der Waals surface area (Å²) in [5, 5.41) is 14.2. The Hall–Kier alpha value is -1.00. The van der Waals surface area contributed by atoms with Crippen molar-refractivity contribution in [3.05, 3.63) is 34.9 Å². The second-order valence-corrected chi connectivity index (χ2v) is 5.61. The molecule has 2 nitrogen and oxygen atoms in total. The van der Waals surface area contributed by atoms with Gasteiger partial charge in [-0.15, -0.1) is 0 Å². The van der Waals surface area contributed by atoms with Crippen molar-refractivity contribution in [3.8, 4) is 0 Å². The predicted octanol–water partition coefficient (Wildman–Crippen LogP) is 2.38. The van der Waals surface area contributed by atoms with E-state index in [1.165, 1.54) is 13.0 Å². The SMILES string of the molecule is Cc1c(C2(O)CC3CCC(C2)N3)ccc(F)c1F. The highest BCUT2D eigenvalue weighted by Gasteiger charge is 2.44. The molecule has 2 fully saturated rings. The number of aliphatic hydroxyl groups is 1. The standard InChI is InChI=1S/C14H17F2NO/c1-8-11(4-5-12(15)13(8)16)14(18)6-9-2-3-10(7-14)17-9/h4-5,9-10,17-18H,2-3,6-7H2,1H3. The molecule has 2 bridgehead atoms. The first kappa shape index (κ1) is 12.1. The molecular formula is C14H17F2NO. The van der Waals surface area contributed by atoms with E-state index in [1.807, 2.05) is 0 Å². The van der Waals surface area contributed by atoms with Gasteiger partial charge in [0.1, 0.15) is 0 Å². The predicted molar refractivity (Wildman–Crippen MR) is 64.2 cm³/mol. The molecule has 2 aliphatic heterocycles. The van der Waals surface area contributed by atoms with Gasteiger partial charge in [-0.1, -0.05) is 6.07 Å². The number of nitrogens with one attached hydrogen (secondary N) is 1. The Balaban J connectivity index is 2.01. The summed E-state index contributed by atoms with van der Waals surface area (Å²) < 4.78 is 26.8. The fourth-order valence-corrected chi connectivity index (χ4v) is 3.50. The molecule has 4 heteroatoms. The van der Waals surface area contributed by atoms with Crippen molar-refractivity contribution in [3.63, 3.8) is 0 Å². The lowest BCUT2D eigenvalue weighted by molar-refractivity contribution is -0.0123. The molecule has 0 aromatic heterocycles. The monoisotopic (exact) mass is 253 g/mol. The second-order valence-electron chi connectivity index (χ2n) is 5.61. The average molecular weight is 253 g/mol. The van der Waals surface area contributed by atoms with Crippen LogP contribution in [0.15, 0.2) is 12.1 Å². The number of fused-ring (bicyclic) bond motifs is 2. The molecular weight excluding hydrogens is 236 g/mol. The smallest absolute Gasteiger partial charge is 0.162 e. The highest BCUT2D eigenvalue weighted by molar-refractivity contribution is 5.34. The summed E-state index contributed by atoms with van der Waals surface area (Å²) in [5.41, 5.74) is -0.242. The minimum atomic E-state index is -1.02. The maximum Gasteiger partial charge on any atom is 0.162 e. The molecule has 1 aromatic rings. The Bertz CT molecular complexity index is 477. The fourth-order valence-electron chi connectivity index (χ4n) is 3.50. The van der Waals surface area contributed by atoms with E-state index in [4.69, 9.17) is 0 Å². The summed E-state index contributed by atoms with van der Waals surface area (Å²) in [7, 11) is 0. The largest absolute Gasteiger partial charge is 0.385 e. The van der Waals surface area contributed by atoms with E-state index >= 15 is 0 Å². The zero-order valence-corrected chi connectivity index (χ0v) is 10.3. The number of benzene rings is 1. The molecule has 2 unspecified atom stereocenters. The maximum absolute atomic E-state index is 13.6. The van der Waals surface area contributed by atoms with E-state index in [-0.39, 0.29) is 5.56 Å². The van der Waals surface area contributed by atoms with Gasteiger partial charge >= 0.3 is 0 Å². The van der Waals surface area contributed by atoms with E-state index in [9.17, 15) is 13.9 Å². The van der Waals surface area contributed by atoms with Crippen molar-refractivity contribution >= 4 is 0 Å². The quantitative estimate of drug-likeness (QED) is 0.805. The van der Waals surface area contributed by atoms with Crippen LogP contribution in [0.4, 0.5) is 8.78 Å². The van der Waals surface area contributed by atoms with E-state index in [0.717, 1.165) is 18.9 Å². The van der Waals surface area contributed by atoms with Gasteiger partial charge in [0.05, 0.1) is 5.60 Å². The normalized spacial score (nSPS) is 34.9. The van der Waals surface area contributed by atoms with Gasteiger partial charge in [0, 0.05) is 12.1 Å². The van der Waals surface area contributed by atoms with Gasteiger partial charge in [-0.05, 0) is 49.8 Å². The molecule has 2 N–H and O–H groups in total. The van der Waals surface area contributed by atoms with Crippen LogP contribution in [0.3, 0.4) is 0 Å². The van der Waals surface area contributed by atoms with Crippen LogP contribution < -0.4 is 5.32 Å². The first-order valence-corrected chi connectivity index (χ1v) is 6.43. The van der Waals surface area contributed by atoms with Crippen LogP contribution in [0.5, 0.6) is 0 Å². The molecule has 0 amide bonds. The summed E-state index contributed by atoms with van der Waals surface area (Å²) in [4.78, 5) is 0. The molecule has 1 aromatic carbocycles. The van der Waals surface area contributed by atoms with Crippen molar-refractivity contribution in [2.75, 3.05) is 0 Å². The zero-order chi connectivity index (χ0) is 12.9. The van der Waals surface area contributed by atoms with Crippen LogP contribution in [0, 0.1) is 18.6 Å². The molecule has 0 saturated carbocycles. The topological polar surface area (TPSA) is 32.3 Å². The summed E-state index contributed by atoms with van der Waals surface area (Å²) in [6.45, 7) is 1.54. The molecule has 2 aliphatic rings. The minimum absolute atomic E-state index is 0.235. The van der Waals surface area contributed by atoms with Crippen molar-refractivity contribution in [1.82, 2.24) is 5.32 Å². The first-order valence-electron chi connectivity index (χ1n) is 6.43. The van der Waals surface area contributed by atoms with E-state index < -0.39 is 17.2 Å². The van der Waals surface area contributed by atoms with Gasteiger partial charge in [-0.3, -0.25) is 0 Å². The van der Waals surface area contributed by atoms with Crippen LogP contribution in [0.25, 0.3) is 0 Å². The summed E-state index contributed by atoms with van der Waals surface area (Å²) >= 11 is 0. The van der Waals surface area contributed by atoms with Crippen LogP contribution in [0.2, 0.25) is 0 Å². The zero-order valence-electron chi connectivity index (χ0n) is 10.3. The molecule has 2 heterocycles. The van der Waals surface area contributed by atoms with Gasteiger partial charge in [0.2, 0.25) is 0 Å². The maximum atomic E-state index is 13.6. The van der Waals surface area contributed by atoms with Gasteiger partial charge in [-0.25, -0.2) is 8.78 Å². The molecule has 3 rings (SSSR count). The van der Waals surface area contributed by atoms with E-state index in [2.05, 4.69) is 5.32 Å². The number of hydrogen-bond donors (Lipinski definition) is 2. The molecule has 2 atom stereocenters. The lowest BCUT2D eigenvalue weighted by atomic mass is 9.79. The third-order valence-electron chi connectivity index (χ3n) is 4.34. The van der Waals surface area contributed by atoms with Crippen LogP contribution in [-0.4, -0.2) is 17.2 Å². The third kappa shape index (κ3) is 1.75. The van der Waals surface area contributed by atoms with Gasteiger partial charge in [0.25, 0.3) is 0 Å². The first-order chi connectivity index (χ1) is 8.49. The fraction of sp³-hybridized carbons (Fsp3) is 0.571. The van der Waals surface area contributed by atoms with Crippen molar-refractivity contribution in [2.24, 2.45) is 0 Å². The third-order valence-corrected chi connectivity index (χ3v) is 4.34. The molecule has 18 heavy (non-hydrogen) atoms. The number of hydrogen-bond acceptors (Lipinski definition) is 2. The van der Waals surface area contributed by atoms with Crippen molar-refractivity contribution in [1.29, 1.82) is 0 Å². The van der Waals surface area contributed by atoms with Gasteiger partial charge in [-0.2, -0.15) is 0 Å². The van der Waals surface area contributed by atoms with Gasteiger partial charge < -0.3 is 10.4 Å². The highest BCUT2D eigenvalue weighted by Crippen LogP contribution is 2.42. The number of halogens is 2. The molecule has 0 spiro atoms. The Morgan fingerprint density at radius 1 is 1.22 bits per heavy atom. The van der Waals surface area contributed by atoms with Crippen LogP contribution in [0.1, 0.15) is 36.8 Å².